The van der Waals surface area contributed by atoms with Gasteiger partial charge >= 0.3 is 6.03 Å². The van der Waals surface area contributed by atoms with E-state index in [0.717, 1.165) is 25.0 Å². The molecule has 1 aliphatic heterocycles. The molecule has 3 aromatic rings. The van der Waals surface area contributed by atoms with Crippen LogP contribution in [0, 0.1) is 5.82 Å². The summed E-state index contributed by atoms with van der Waals surface area (Å²) in [6.07, 6.45) is 4.39. The van der Waals surface area contributed by atoms with Gasteiger partial charge in [-0.1, -0.05) is 12.1 Å². The number of likely N-dealkylation sites (tertiary alicyclic amines) is 1. The van der Waals surface area contributed by atoms with Gasteiger partial charge in [0.1, 0.15) is 11.6 Å². The van der Waals surface area contributed by atoms with Crippen molar-refractivity contribution in [2.75, 3.05) is 11.9 Å². The Morgan fingerprint density at radius 2 is 1.97 bits per heavy atom. The third-order valence-electron chi connectivity index (χ3n) is 5.35. The summed E-state index contributed by atoms with van der Waals surface area (Å²) in [5.74, 6) is 0.366. The van der Waals surface area contributed by atoms with Gasteiger partial charge in [-0.15, -0.1) is 0 Å². The molecular formula is C23H23FN4O2. The molecule has 1 aliphatic rings. The minimum absolute atomic E-state index is 0.0177. The van der Waals surface area contributed by atoms with E-state index in [0.29, 0.717) is 29.2 Å². The molecule has 1 fully saturated rings. The van der Waals surface area contributed by atoms with Crippen molar-refractivity contribution < 1.29 is 14.0 Å². The average molecular weight is 406 g/mol. The summed E-state index contributed by atoms with van der Waals surface area (Å²) in [6.45, 7) is 2.13. The van der Waals surface area contributed by atoms with Gasteiger partial charge in [-0.05, 0) is 62.6 Å². The van der Waals surface area contributed by atoms with Crippen molar-refractivity contribution in [3.63, 3.8) is 0 Å². The number of ketones is 1. The topological polar surface area (TPSA) is 78.1 Å². The highest BCUT2D eigenvalue weighted by Gasteiger charge is 2.30. The maximum absolute atomic E-state index is 13.5. The van der Waals surface area contributed by atoms with Crippen molar-refractivity contribution in [1.82, 2.24) is 14.9 Å². The standard InChI is InChI=1S/C23H23FN4O2/c1-15(29)16-8-10-19(11-9-16)26-23(30)28-12-3-2-7-21(28)22-25-14-20(27-22)17-5-4-6-18(24)13-17/h4-6,8-11,13-14,21H,2-3,7,12H2,1H3,(H,25,27)(H,26,30). The highest BCUT2D eigenvalue weighted by molar-refractivity contribution is 5.95. The monoisotopic (exact) mass is 406 g/mol. The Kier molecular flexibility index (Phi) is 5.61. The predicted octanol–water partition coefficient (Wildman–Crippen LogP) is 5.18. The minimum Gasteiger partial charge on any atom is -0.340 e. The Morgan fingerprint density at radius 1 is 1.17 bits per heavy atom. The number of carbonyl (C=O) groups is 2. The minimum atomic E-state index is -0.307. The lowest BCUT2D eigenvalue weighted by atomic mass is 10.0. The fraction of sp³-hybridized carbons (Fsp3) is 0.261. The van der Waals surface area contributed by atoms with Gasteiger partial charge in [-0.2, -0.15) is 0 Å². The molecule has 154 valence electrons. The van der Waals surface area contributed by atoms with Crippen LogP contribution in [0.25, 0.3) is 11.3 Å². The Morgan fingerprint density at radius 3 is 2.70 bits per heavy atom. The Balaban J connectivity index is 1.51. The number of piperidine rings is 1. The van der Waals surface area contributed by atoms with Crippen molar-refractivity contribution in [1.29, 1.82) is 0 Å². The average Bonchev–Trinajstić information content (AvgIpc) is 3.24. The first-order valence-electron chi connectivity index (χ1n) is 10.0. The molecule has 0 aliphatic carbocycles. The van der Waals surface area contributed by atoms with Gasteiger partial charge in [-0.3, -0.25) is 4.79 Å². The molecule has 0 bridgehead atoms. The number of nitrogens with zero attached hydrogens (tertiary/aromatic N) is 2. The normalized spacial score (nSPS) is 16.3. The Labute approximate surface area is 174 Å². The number of rotatable bonds is 4. The van der Waals surface area contributed by atoms with Crippen LogP contribution in [0.3, 0.4) is 0 Å². The second-order valence-corrected chi connectivity index (χ2v) is 7.46. The molecule has 0 radical (unpaired) electrons. The molecule has 30 heavy (non-hydrogen) atoms. The number of Topliss-reactive ketones (excluding diaryl/α,β-unsaturated/α-hetero) is 1. The van der Waals surface area contributed by atoms with Gasteiger partial charge in [0.05, 0.1) is 17.9 Å². The number of imidazole rings is 1. The molecular weight excluding hydrogens is 383 g/mol. The van der Waals surface area contributed by atoms with Gasteiger partial charge in [0, 0.05) is 23.4 Å². The number of amides is 2. The molecule has 2 heterocycles. The van der Waals surface area contributed by atoms with Crippen LogP contribution in [0.15, 0.2) is 54.7 Å². The van der Waals surface area contributed by atoms with Crippen LogP contribution in [0.4, 0.5) is 14.9 Å². The molecule has 6 nitrogen and oxygen atoms in total. The number of benzene rings is 2. The molecule has 1 aromatic heterocycles. The molecule has 2 amide bonds. The molecule has 4 rings (SSSR count). The lowest BCUT2D eigenvalue weighted by Crippen LogP contribution is -2.41. The second-order valence-electron chi connectivity index (χ2n) is 7.46. The quantitative estimate of drug-likeness (QED) is 0.586. The summed E-state index contributed by atoms with van der Waals surface area (Å²) in [7, 11) is 0. The summed E-state index contributed by atoms with van der Waals surface area (Å²) in [5, 5.41) is 2.91. The van der Waals surface area contributed by atoms with Crippen LogP contribution >= 0.6 is 0 Å². The van der Waals surface area contributed by atoms with Gasteiger partial charge in [0.2, 0.25) is 0 Å². The number of H-pyrrole nitrogens is 1. The number of hydrogen-bond donors (Lipinski definition) is 2. The lowest BCUT2D eigenvalue weighted by Gasteiger charge is -2.34. The second kappa shape index (κ2) is 8.49. The van der Waals surface area contributed by atoms with Crippen LogP contribution in [0.5, 0.6) is 0 Å². The molecule has 1 atom stereocenters. The number of aromatic amines is 1. The SMILES string of the molecule is CC(=O)c1ccc(NC(=O)N2CCCCC2c2ncc(-c3cccc(F)c3)[nH]2)cc1. The van der Waals surface area contributed by atoms with E-state index in [1.54, 1.807) is 41.4 Å². The first-order valence-corrected chi connectivity index (χ1v) is 10.0. The van der Waals surface area contributed by atoms with Gasteiger partial charge in [-0.25, -0.2) is 14.2 Å². The summed E-state index contributed by atoms with van der Waals surface area (Å²) in [4.78, 5) is 33.9. The third kappa shape index (κ3) is 4.25. The first kappa shape index (κ1) is 19.8. The van der Waals surface area contributed by atoms with Crippen molar-refractivity contribution in [2.45, 2.75) is 32.2 Å². The van der Waals surface area contributed by atoms with Crippen molar-refractivity contribution in [3.05, 3.63) is 71.9 Å². The summed E-state index contributed by atoms with van der Waals surface area (Å²) < 4.78 is 13.5. The molecule has 7 heteroatoms. The highest BCUT2D eigenvalue weighted by Crippen LogP contribution is 2.31. The largest absolute Gasteiger partial charge is 0.340 e. The van der Waals surface area contributed by atoms with Crippen LogP contribution in [-0.4, -0.2) is 33.2 Å². The van der Waals surface area contributed by atoms with E-state index in [-0.39, 0.29) is 23.7 Å². The maximum atomic E-state index is 13.5. The lowest BCUT2D eigenvalue weighted by molar-refractivity contribution is 0.101. The van der Waals surface area contributed by atoms with Crippen LogP contribution < -0.4 is 5.32 Å². The first-order chi connectivity index (χ1) is 14.5. The predicted molar refractivity (Wildman–Crippen MR) is 113 cm³/mol. The van der Waals surface area contributed by atoms with E-state index in [4.69, 9.17) is 0 Å². The molecule has 0 saturated carbocycles. The Hall–Kier alpha value is -3.48. The molecule has 2 N–H and O–H groups in total. The van der Waals surface area contributed by atoms with Crippen LogP contribution in [0.2, 0.25) is 0 Å². The fourth-order valence-corrected chi connectivity index (χ4v) is 3.75. The summed E-state index contributed by atoms with van der Waals surface area (Å²) in [6, 6.07) is 12.8. The van der Waals surface area contributed by atoms with Crippen molar-refractivity contribution in [2.24, 2.45) is 0 Å². The molecule has 1 saturated heterocycles. The third-order valence-corrected chi connectivity index (χ3v) is 5.35. The summed E-state index contributed by atoms with van der Waals surface area (Å²) >= 11 is 0. The zero-order valence-electron chi connectivity index (χ0n) is 16.7. The summed E-state index contributed by atoms with van der Waals surface area (Å²) in [5.41, 5.74) is 2.67. The highest BCUT2D eigenvalue weighted by atomic mass is 19.1. The van der Waals surface area contributed by atoms with Gasteiger partial charge in [0.15, 0.2) is 5.78 Å². The van der Waals surface area contributed by atoms with E-state index >= 15 is 0 Å². The van der Waals surface area contributed by atoms with Gasteiger partial charge < -0.3 is 15.2 Å². The fourth-order valence-electron chi connectivity index (χ4n) is 3.75. The number of aromatic nitrogens is 2. The number of carbonyl (C=O) groups excluding carboxylic acids is 2. The van der Waals surface area contributed by atoms with Gasteiger partial charge in [0.25, 0.3) is 0 Å². The van der Waals surface area contributed by atoms with Crippen molar-refractivity contribution in [3.8, 4) is 11.3 Å². The van der Waals surface area contributed by atoms with E-state index in [1.807, 2.05) is 6.07 Å². The van der Waals surface area contributed by atoms with E-state index in [9.17, 15) is 14.0 Å². The number of urea groups is 1. The molecule has 0 spiro atoms. The zero-order valence-corrected chi connectivity index (χ0v) is 16.7. The molecule has 2 aromatic carbocycles. The Bertz CT molecular complexity index is 1060. The zero-order chi connectivity index (χ0) is 21.1. The maximum Gasteiger partial charge on any atom is 0.322 e. The number of halogens is 1. The number of anilines is 1. The van der Waals surface area contributed by atoms with E-state index < -0.39 is 0 Å². The number of nitrogens with one attached hydrogen (secondary N) is 2. The smallest absolute Gasteiger partial charge is 0.322 e. The van der Waals surface area contributed by atoms with E-state index in [2.05, 4.69) is 15.3 Å². The number of hydrogen-bond acceptors (Lipinski definition) is 3. The van der Waals surface area contributed by atoms with Crippen molar-refractivity contribution >= 4 is 17.5 Å². The van der Waals surface area contributed by atoms with E-state index in [1.165, 1.54) is 19.1 Å². The van der Waals surface area contributed by atoms with Crippen LogP contribution in [-0.2, 0) is 0 Å². The van der Waals surface area contributed by atoms with Crippen LogP contribution in [0.1, 0.15) is 48.4 Å². The molecule has 1 unspecified atom stereocenters.